The Morgan fingerprint density at radius 2 is 1.67 bits per heavy atom. The van der Waals surface area contributed by atoms with Crippen LogP contribution in [0.1, 0.15) is 10.4 Å². The van der Waals surface area contributed by atoms with E-state index < -0.39 is 29.1 Å². The van der Waals surface area contributed by atoms with E-state index in [1.807, 2.05) is 0 Å². The van der Waals surface area contributed by atoms with Crippen LogP contribution in [0.15, 0.2) is 30.3 Å². The normalized spacial score (nSPS) is 14.7. The van der Waals surface area contributed by atoms with Crippen LogP contribution in [0.5, 0.6) is 0 Å². The van der Waals surface area contributed by atoms with Crippen LogP contribution in [0.2, 0.25) is 0 Å². The molecule has 1 atom stereocenters. The molecule has 1 aromatic rings. The molecule has 0 heterocycles. The van der Waals surface area contributed by atoms with Gasteiger partial charge in [-0.25, -0.2) is 4.79 Å². The largest absolute Gasteiger partial charge is 0.466 e. The Morgan fingerprint density at radius 1 is 1.17 bits per heavy atom. The molecule has 0 saturated heterocycles. The number of ketones is 1. The van der Waals surface area contributed by atoms with Gasteiger partial charge in [0, 0.05) is 5.56 Å². The first-order valence-corrected chi connectivity index (χ1v) is 4.72. The first-order chi connectivity index (χ1) is 8.25. The molecule has 4 nitrogen and oxygen atoms in total. The van der Waals surface area contributed by atoms with Crippen molar-refractivity contribution < 1.29 is 32.6 Å². The van der Waals surface area contributed by atoms with Gasteiger partial charge in [-0.05, 0) is 0 Å². The van der Waals surface area contributed by atoms with E-state index in [1.165, 1.54) is 18.2 Å². The Hall–Kier alpha value is -1.89. The molecule has 0 amide bonds. The van der Waals surface area contributed by atoms with Gasteiger partial charge in [0.1, 0.15) is 0 Å². The molecule has 1 rings (SSSR count). The van der Waals surface area contributed by atoms with Crippen LogP contribution in [0.25, 0.3) is 0 Å². The fourth-order valence-electron chi connectivity index (χ4n) is 1.28. The van der Waals surface area contributed by atoms with Crippen LogP contribution in [0.3, 0.4) is 0 Å². The van der Waals surface area contributed by atoms with E-state index in [4.69, 9.17) is 0 Å². The molecule has 0 aliphatic heterocycles. The molecule has 0 aromatic heterocycles. The summed E-state index contributed by atoms with van der Waals surface area (Å²) >= 11 is 0. The number of methoxy groups -OCH3 is 1. The Bertz CT molecular complexity index is 455. The average molecular weight is 262 g/mol. The van der Waals surface area contributed by atoms with E-state index in [1.54, 1.807) is 0 Å². The zero-order chi connectivity index (χ0) is 14.0. The summed E-state index contributed by atoms with van der Waals surface area (Å²) in [7, 11) is 0.650. The Kier molecular flexibility index (Phi) is 3.76. The Labute approximate surface area is 100.0 Å². The number of alkyl halides is 3. The number of aliphatic hydroxyl groups is 1. The summed E-state index contributed by atoms with van der Waals surface area (Å²) in [6.45, 7) is 0. The lowest BCUT2D eigenvalue weighted by Gasteiger charge is -2.25. The molecule has 0 radical (unpaired) electrons. The summed E-state index contributed by atoms with van der Waals surface area (Å²) in [6.07, 6.45) is -5.47. The van der Waals surface area contributed by atoms with Crippen molar-refractivity contribution in [2.24, 2.45) is 0 Å². The number of carbonyl (C=O) groups is 2. The summed E-state index contributed by atoms with van der Waals surface area (Å²) in [4.78, 5) is 22.7. The summed E-state index contributed by atoms with van der Waals surface area (Å²) in [5, 5.41) is 9.39. The Balaban J connectivity index is 3.30. The van der Waals surface area contributed by atoms with Gasteiger partial charge in [0.2, 0.25) is 5.78 Å². The standard InChI is InChI=1S/C11H9F3O4/c1-18-9(16)10(17,11(12,13)14)8(15)7-5-3-2-4-6-7/h2-6,17H,1H3. The first kappa shape index (κ1) is 14.2. The fraction of sp³-hybridized carbons (Fsp3) is 0.273. The van der Waals surface area contributed by atoms with E-state index in [0.717, 1.165) is 12.1 Å². The van der Waals surface area contributed by atoms with E-state index in [9.17, 15) is 27.9 Å². The first-order valence-electron chi connectivity index (χ1n) is 4.72. The van der Waals surface area contributed by atoms with Crippen molar-refractivity contribution in [3.63, 3.8) is 0 Å². The number of Topliss-reactive ketones (excluding diaryl/α,β-unsaturated/α-hetero) is 1. The van der Waals surface area contributed by atoms with Gasteiger partial charge >= 0.3 is 17.7 Å². The second kappa shape index (κ2) is 4.77. The minimum absolute atomic E-state index is 0.442. The van der Waals surface area contributed by atoms with Crippen molar-refractivity contribution >= 4 is 11.8 Å². The maximum absolute atomic E-state index is 12.7. The zero-order valence-corrected chi connectivity index (χ0v) is 9.19. The lowest BCUT2D eigenvalue weighted by Crippen LogP contribution is -2.58. The number of halogens is 3. The number of ether oxygens (including phenoxy) is 1. The highest BCUT2D eigenvalue weighted by Gasteiger charge is 2.66. The smallest absolute Gasteiger partial charge is 0.435 e. The molecule has 0 bridgehead atoms. The van der Waals surface area contributed by atoms with E-state index >= 15 is 0 Å². The number of hydrogen-bond donors (Lipinski definition) is 1. The van der Waals surface area contributed by atoms with Crippen LogP contribution >= 0.6 is 0 Å². The van der Waals surface area contributed by atoms with Crippen LogP contribution in [-0.2, 0) is 9.53 Å². The Morgan fingerprint density at radius 3 is 2.06 bits per heavy atom. The summed E-state index contributed by atoms with van der Waals surface area (Å²) in [6, 6.07) is 6.20. The number of hydrogen-bond acceptors (Lipinski definition) is 4. The van der Waals surface area contributed by atoms with Gasteiger partial charge < -0.3 is 9.84 Å². The molecule has 0 saturated carbocycles. The van der Waals surface area contributed by atoms with Crippen molar-refractivity contribution in [1.29, 1.82) is 0 Å². The monoisotopic (exact) mass is 262 g/mol. The van der Waals surface area contributed by atoms with E-state index in [0.29, 0.717) is 7.11 Å². The summed E-state index contributed by atoms with van der Waals surface area (Å²) in [5.41, 5.74) is -4.63. The fourth-order valence-corrected chi connectivity index (χ4v) is 1.28. The molecule has 0 spiro atoms. The maximum atomic E-state index is 12.7. The second-order valence-corrected chi connectivity index (χ2v) is 3.39. The van der Waals surface area contributed by atoms with Crippen LogP contribution in [0.4, 0.5) is 13.2 Å². The molecular formula is C11H9F3O4. The highest BCUT2D eigenvalue weighted by Crippen LogP contribution is 2.34. The van der Waals surface area contributed by atoms with E-state index in [-0.39, 0.29) is 0 Å². The van der Waals surface area contributed by atoms with Crippen LogP contribution in [-0.4, -0.2) is 35.7 Å². The molecule has 18 heavy (non-hydrogen) atoms. The van der Waals surface area contributed by atoms with Crippen molar-refractivity contribution in [1.82, 2.24) is 0 Å². The topological polar surface area (TPSA) is 63.6 Å². The van der Waals surface area contributed by atoms with Gasteiger partial charge in [0.25, 0.3) is 0 Å². The van der Waals surface area contributed by atoms with Gasteiger partial charge in [0.05, 0.1) is 7.11 Å². The SMILES string of the molecule is COC(=O)C(O)(C(=O)c1ccccc1)C(F)(F)F. The third kappa shape index (κ3) is 2.21. The third-order valence-corrected chi connectivity index (χ3v) is 2.26. The maximum Gasteiger partial charge on any atom is 0.435 e. The highest BCUT2D eigenvalue weighted by atomic mass is 19.4. The number of esters is 1. The minimum atomic E-state index is -5.47. The minimum Gasteiger partial charge on any atom is -0.466 e. The van der Waals surface area contributed by atoms with Crippen molar-refractivity contribution in [2.45, 2.75) is 11.8 Å². The van der Waals surface area contributed by atoms with Crippen molar-refractivity contribution in [3.8, 4) is 0 Å². The quantitative estimate of drug-likeness (QED) is 0.507. The van der Waals surface area contributed by atoms with Gasteiger partial charge in [-0.2, -0.15) is 13.2 Å². The molecule has 98 valence electrons. The molecule has 1 unspecified atom stereocenters. The molecule has 0 aliphatic rings. The molecule has 0 fully saturated rings. The zero-order valence-electron chi connectivity index (χ0n) is 9.19. The predicted molar refractivity (Wildman–Crippen MR) is 53.8 cm³/mol. The van der Waals surface area contributed by atoms with Crippen LogP contribution in [0, 0.1) is 0 Å². The molecule has 7 heteroatoms. The average Bonchev–Trinajstić information content (AvgIpc) is 2.35. The summed E-state index contributed by atoms with van der Waals surface area (Å²) < 4.78 is 42.0. The number of benzene rings is 1. The lowest BCUT2D eigenvalue weighted by atomic mass is 9.92. The van der Waals surface area contributed by atoms with Crippen LogP contribution < -0.4 is 0 Å². The van der Waals surface area contributed by atoms with Crippen molar-refractivity contribution in [2.75, 3.05) is 7.11 Å². The van der Waals surface area contributed by atoms with Gasteiger partial charge in [-0.3, -0.25) is 4.79 Å². The van der Waals surface area contributed by atoms with Gasteiger partial charge in [0.15, 0.2) is 0 Å². The summed E-state index contributed by atoms with van der Waals surface area (Å²) in [5.74, 6) is -3.84. The molecule has 1 N–H and O–H groups in total. The van der Waals surface area contributed by atoms with E-state index in [2.05, 4.69) is 4.74 Å². The second-order valence-electron chi connectivity index (χ2n) is 3.39. The van der Waals surface area contributed by atoms with Crippen molar-refractivity contribution in [3.05, 3.63) is 35.9 Å². The number of carbonyl (C=O) groups excluding carboxylic acids is 2. The highest BCUT2D eigenvalue weighted by molar-refractivity contribution is 6.16. The lowest BCUT2D eigenvalue weighted by molar-refractivity contribution is -0.242. The molecular weight excluding hydrogens is 253 g/mol. The molecule has 1 aromatic carbocycles. The van der Waals surface area contributed by atoms with Gasteiger partial charge in [-0.1, -0.05) is 30.3 Å². The third-order valence-electron chi connectivity index (χ3n) is 2.26. The molecule has 0 aliphatic carbocycles. The van der Waals surface area contributed by atoms with Gasteiger partial charge in [-0.15, -0.1) is 0 Å². The number of rotatable bonds is 3. The predicted octanol–water partition coefficient (Wildman–Crippen LogP) is 1.34.